The number of aryl methyl sites for hydroxylation is 2. The molecule has 3 aliphatic rings. The van der Waals surface area contributed by atoms with Crippen LogP contribution in [0.5, 0.6) is 5.75 Å². The first kappa shape index (κ1) is 28.2. The Morgan fingerprint density at radius 2 is 1.91 bits per heavy atom. The number of aromatic nitrogens is 5. The molecule has 6 aromatic rings. The lowest BCUT2D eigenvalue weighted by molar-refractivity contribution is 0.0700. The average molecular weight is 624 g/mol. The number of hydrogen-bond donors (Lipinski definition) is 1. The summed E-state index contributed by atoms with van der Waals surface area (Å²) in [5, 5.41) is 1.12. The molecule has 9 heteroatoms. The highest BCUT2D eigenvalue weighted by molar-refractivity contribution is 6.00. The Kier molecular flexibility index (Phi) is 6.64. The number of hydrogen-bond acceptors (Lipinski definition) is 6. The van der Waals surface area contributed by atoms with Gasteiger partial charge in [0, 0.05) is 48.5 Å². The van der Waals surface area contributed by atoms with E-state index in [1.165, 1.54) is 11.1 Å². The predicted octanol–water partition coefficient (Wildman–Crippen LogP) is 6.07. The first-order chi connectivity index (χ1) is 23.1. The maximum absolute atomic E-state index is 14.0. The fourth-order valence-electron chi connectivity index (χ4n) is 8.33. The zero-order valence-corrected chi connectivity index (χ0v) is 26.5. The Morgan fingerprint density at radius 3 is 2.77 bits per heavy atom. The Bertz CT molecular complexity index is 2180. The molecule has 1 amide bonds. The van der Waals surface area contributed by atoms with Crippen molar-refractivity contribution in [2.45, 2.75) is 57.3 Å². The number of piperidine rings is 1. The third-order valence-electron chi connectivity index (χ3n) is 10.7. The van der Waals surface area contributed by atoms with Crippen molar-refractivity contribution in [3.8, 4) is 28.4 Å². The van der Waals surface area contributed by atoms with Gasteiger partial charge in [-0.15, -0.1) is 0 Å². The van der Waals surface area contributed by atoms with Gasteiger partial charge in [0.25, 0.3) is 5.91 Å². The van der Waals surface area contributed by atoms with Crippen molar-refractivity contribution < 1.29 is 9.53 Å². The van der Waals surface area contributed by atoms with Crippen molar-refractivity contribution >= 4 is 27.8 Å². The number of amides is 1. The molecule has 1 saturated heterocycles. The van der Waals surface area contributed by atoms with E-state index in [1.807, 2.05) is 35.6 Å². The largest absolute Gasteiger partial charge is 0.494 e. The fraction of sp³-hybridized carbons (Fsp3) is 0.316. The van der Waals surface area contributed by atoms with Gasteiger partial charge < -0.3 is 24.5 Å². The van der Waals surface area contributed by atoms with Crippen molar-refractivity contribution in [2.75, 3.05) is 13.7 Å². The zero-order chi connectivity index (χ0) is 31.6. The van der Waals surface area contributed by atoms with Gasteiger partial charge in [-0.3, -0.25) is 14.8 Å². The summed E-state index contributed by atoms with van der Waals surface area (Å²) in [5.41, 5.74) is 15.4. The molecular weight excluding hydrogens is 586 g/mol. The van der Waals surface area contributed by atoms with Crippen molar-refractivity contribution in [1.82, 2.24) is 29.0 Å². The highest BCUT2D eigenvalue weighted by Crippen LogP contribution is 2.40. The second-order valence-corrected chi connectivity index (χ2v) is 13.3. The van der Waals surface area contributed by atoms with Crippen LogP contribution in [-0.4, -0.2) is 60.6 Å². The first-order valence-corrected chi connectivity index (χ1v) is 16.7. The van der Waals surface area contributed by atoms with Gasteiger partial charge in [0.1, 0.15) is 11.3 Å². The molecule has 6 heterocycles. The van der Waals surface area contributed by atoms with Gasteiger partial charge in [-0.05, 0) is 91.1 Å². The van der Waals surface area contributed by atoms with Crippen LogP contribution in [0.1, 0.15) is 47.3 Å². The van der Waals surface area contributed by atoms with E-state index in [9.17, 15) is 4.79 Å². The SMILES string of the molecule is COc1cc(C(=O)N2CC3CCC2[C@@H]3N)cc2nc3n(c12)Cc1cc(ccn1)-c1ccccc1CCCCn1c-3cc2ccncc21. The molecule has 2 aromatic carbocycles. The number of nitrogens with zero attached hydrogens (tertiary/aromatic N) is 6. The third-order valence-corrected chi connectivity index (χ3v) is 10.7. The molecule has 0 radical (unpaired) electrons. The van der Waals surface area contributed by atoms with Gasteiger partial charge in [0.05, 0.1) is 42.3 Å². The molecule has 1 aliphatic carbocycles. The molecule has 4 aromatic heterocycles. The number of fused-ring (bicyclic) bond motifs is 13. The van der Waals surface area contributed by atoms with Crippen LogP contribution in [0.2, 0.25) is 0 Å². The molecule has 2 fully saturated rings. The minimum absolute atomic E-state index is 0.00411. The lowest BCUT2D eigenvalue weighted by Gasteiger charge is -2.27. The number of carbonyl (C=O) groups is 1. The van der Waals surface area contributed by atoms with Gasteiger partial charge in [-0.1, -0.05) is 24.3 Å². The van der Waals surface area contributed by atoms with E-state index in [0.717, 1.165) is 83.4 Å². The van der Waals surface area contributed by atoms with Crippen LogP contribution in [0.15, 0.2) is 79.3 Å². The number of ether oxygens (including phenoxy) is 1. The molecule has 1 saturated carbocycles. The van der Waals surface area contributed by atoms with Crippen LogP contribution in [-0.2, 0) is 19.5 Å². The maximum Gasteiger partial charge on any atom is 0.254 e. The van der Waals surface area contributed by atoms with E-state index in [4.69, 9.17) is 20.4 Å². The highest BCUT2D eigenvalue weighted by Gasteiger charge is 2.47. The quantitative estimate of drug-likeness (QED) is 0.251. The van der Waals surface area contributed by atoms with E-state index in [2.05, 4.69) is 62.6 Å². The molecule has 3 atom stereocenters. The number of rotatable bonds is 2. The second-order valence-electron chi connectivity index (χ2n) is 13.3. The third kappa shape index (κ3) is 4.55. The van der Waals surface area contributed by atoms with E-state index < -0.39 is 0 Å². The summed E-state index contributed by atoms with van der Waals surface area (Å²) in [7, 11) is 1.66. The molecule has 2 aliphatic heterocycles. The van der Waals surface area contributed by atoms with Crippen molar-refractivity contribution in [1.29, 1.82) is 0 Å². The Hall–Kier alpha value is -5.02. The van der Waals surface area contributed by atoms with Crippen molar-refractivity contribution in [2.24, 2.45) is 11.7 Å². The van der Waals surface area contributed by atoms with Gasteiger partial charge >= 0.3 is 0 Å². The Morgan fingerprint density at radius 1 is 1.00 bits per heavy atom. The molecule has 2 N–H and O–H groups in total. The normalized spacial score (nSPS) is 20.6. The number of imidazole rings is 1. The Balaban J connectivity index is 1.25. The summed E-state index contributed by atoms with van der Waals surface area (Å²) >= 11 is 0. The number of methoxy groups -OCH3 is 1. The van der Waals surface area contributed by atoms with Crippen LogP contribution >= 0.6 is 0 Å². The molecule has 4 bridgehead atoms. The fourth-order valence-corrected chi connectivity index (χ4v) is 8.33. The van der Waals surface area contributed by atoms with E-state index in [0.29, 0.717) is 30.3 Å². The number of benzene rings is 2. The lowest BCUT2D eigenvalue weighted by Crippen LogP contribution is -2.41. The molecule has 236 valence electrons. The monoisotopic (exact) mass is 623 g/mol. The molecule has 9 rings (SSSR count). The van der Waals surface area contributed by atoms with Crippen molar-refractivity contribution in [3.05, 3.63) is 96.1 Å². The van der Waals surface area contributed by atoms with Gasteiger partial charge in [0.15, 0.2) is 5.82 Å². The minimum Gasteiger partial charge on any atom is -0.494 e. The Labute approximate surface area is 273 Å². The highest BCUT2D eigenvalue weighted by atomic mass is 16.5. The summed E-state index contributed by atoms with van der Waals surface area (Å²) in [6.07, 6.45) is 10.8. The molecule has 0 spiro atoms. The lowest BCUT2D eigenvalue weighted by atomic mass is 9.96. The predicted molar refractivity (Wildman–Crippen MR) is 182 cm³/mol. The van der Waals surface area contributed by atoms with Crippen LogP contribution in [0, 0.1) is 5.92 Å². The van der Waals surface area contributed by atoms with E-state index in [1.54, 1.807) is 7.11 Å². The van der Waals surface area contributed by atoms with Crippen LogP contribution < -0.4 is 10.5 Å². The second kappa shape index (κ2) is 11.1. The van der Waals surface area contributed by atoms with Crippen LogP contribution in [0.4, 0.5) is 0 Å². The molecule has 9 nitrogen and oxygen atoms in total. The summed E-state index contributed by atoms with van der Waals surface area (Å²) in [4.78, 5) is 30.6. The van der Waals surface area contributed by atoms with Gasteiger partial charge in [0.2, 0.25) is 0 Å². The number of nitrogens with two attached hydrogens (primary N) is 1. The van der Waals surface area contributed by atoms with Gasteiger partial charge in [-0.2, -0.15) is 0 Å². The number of pyridine rings is 2. The first-order valence-electron chi connectivity index (χ1n) is 16.7. The summed E-state index contributed by atoms with van der Waals surface area (Å²) < 4.78 is 10.6. The smallest absolute Gasteiger partial charge is 0.254 e. The molecule has 2 unspecified atom stereocenters. The molecular formula is C38H37N7O2. The summed E-state index contributed by atoms with van der Waals surface area (Å²) in [5.74, 6) is 1.80. The molecule has 47 heavy (non-hydrogen) atoms. The standard InChI is InChI=1S/C38H37N7O2/c1-47-34-19-27(38(46)44-21-26-9-10-31(44)35(26)39)17-30-36(34)45-22-28-16-24(12-14-41-28)29-8-3-2-6-23(29)7-4-5-15-43-32(37(45)42-30)18-25-11-13-40-20-33(25)43/h2-3,6,8,11-14,16-20,26,31,35H,4-5,7,9-10,15,21-22,39H2,1H3/t26?,31?,35-/m1/s1. The minimum atomic E-state index is -0.00411. The summed E-state index contributed by atoms with van der Waals surface area (Å²) in [6.45, 7) is 2.03. The van der Waals surface area contributed by atoms with Crippen molar-refractivity contribution in [3.63, 3.8) is 0 Å². The number of carbonyl (C=O) groups excluding carboxylic acids is 1. The topological polar surface area (TPSA) is 104 Å². The maximum atomic E-state index is 14.0. The van der Waals surface area contributed by atoms with E-state index >= 15 is 0 Å². The van der Waals surface area contributed by atoms with Crippen LogP contribution in [0.3, 0.4) is 0 Å². The summed E-state index contributed by atoms with van der Waals surface area (Å²) in [6, 6.07) is 21.2. The van der Waals surface area contributed by atoms with Crippen LogP contribution in [0.25, 0.3) is 44.6 Å². The number of likely N-dealkylation sites (tertiary alicyclic amines) is 1. The zero-order valence-electron chi connectivity index (χ0n) is 26.5. The average Bonchev–Trinajstić information content (AvgIpc) is 3.85. The van der Waals surface area contributed by atoms with Gasteiger partial charge in [-0.25, -0.2) is 4.98 Å². The van der Waals surface area contributed by atoms with E-state index in [-0.39, 0.29) is 18.0 Å².